The second-order valence-corrected chi connectivity index (χ2v) is 6.17. The molecule has 0 radical (unpaired) electrons. The van der Waals surface area contributed by atoms with Crippen LogP contribution >= 0.6 is 0 Å². The van der Waals surface area contributed by atoms with Gasteiger partial charge in [-0.25, -0.2) is 4.79 Å². The van der Waals surface area contributed by atoms with Gasteiger partial charge in [-0.3, -0.25) is 4.79 Å². The Kier molecular flexibility index (Phi) is 4.89. The van der Waals surface area contributed by atoms with Gasteiger partial charge in [0, 0.05) is 17.0 Å². The first-order valence-electron chi connectivity index (χ1n) is 8.80. The molecule has 0 aliphatic heterocycles. The number of aromatic nitrogens is 1. The number of aromatic amines is 1. The van der Waals surface area contributed by atoms with Crippen molar-refractivity contribution >= 4 is 28.7 Å². The van der Waals surface area contributed by atoms with Crippen LogP contribution in [-0.4, -0.2) is 23.3 Å². The van der Waals surface area contributed by atoms with Gasteiger partial charge in [-0.1, -0.05) is 48.5 Å². The fraction of sp³-hybridized carbons (Fsp3) is 0.0435. The summed E-state index contributed by atoms with van der Waals surface area (Å²) in [7, 11) is 0. The van der Waals surface area contributed by atoms with Crippen LogP contribution in [0.2, 0.25) is 0 Å². The van der Waals surface area contributed by atoms with Crippen molar-refractivity contribution in [2.75, 3.05) is 6.61 Å². The van der Waals surface area contributed by atoms with Gasteiger partial charge in [0.2, 0.25) is 5.78 Å². The highest BCUT2D eigenvalue weighted by atomic mass is 16.5. The Morgan fingerprint density at radius 2 is 1.75 bits per heavy atom. The SMILES string of the molecule is O=C(/C=C/c1ccco1)OCC(=O)c1c(-c2ccccc2)[nH]c2ccccc12. The molecule has 0 aliphatic rings. The molecule has 5 heteroatoms. The van der Waals surface area contributed by atoms with Crippen LogP contribution in [0.3, 0.4) is 0 Å². The number of nitrogens with one attached hydrogen (secondary N) is 1. The molecular formula is C23H17NO4. The second kappa shape index (κ2) is 7.80. The number of carbonyl (C=O) groups excluding carboxylic acids is 2. The quantitative estimate of drug-likeness (QED) is 0.298. The van der Waals surface area contributed by atoms with E-state index in [1.807, 2.05) is 54.6 Å². The minimum absolute atomic E-state index is 0.268. The third-order valence-electron chi connectivity index (χ3n) is 4.32. The maximum Gasteiger partial charge on any atom is 0.331 e. The van der Waals surface area contributed by atoms with E-state index >= 15 is 0 Å². The second-order valence-electron chi connectivity index (χ2n) is 6.17. The fourth-order valence-electron chi connectivity index (χ4n) is 3.05. The number of fused-ring (bicyclic) bond motifs is 1. The van der Waals surface area contributed by atoms with E-state index in [9.17, 15) is 9.59 Å². The Morgan fingerprint density at radius 3 is 2.54 bits per heavy atom. The highest BCUT2D eigenvalue weighted by Crippen LogP contribution is 2.30. The van der Waals surface area contributed by atoms with Gasteiger partial charge in [-0.05, 0) is 29.8 Å². The van der Waals surface area contributed by atoms with Gasteiger partial charge in [0.15, 0.2) is 6.61 Å². The average Bonchev–Trinajstić information content (AvgIpc) is 3.38. The van der Waals surface area contributed by atoms with Crippen molar-refractivity contribution in [1.82, 2.24) is 4.98 Å². The molecule has 138 valence electrons. The molecule has 4 aromatic rings. The molecule has 0 saturated carbocycles. The molecule has 2 heterocycles. The molecule has 0 bridgehead atoms. The number of hydrogen-bond acceptors (Lipinski definition) is 4. The molecule has 0 amide bonds. The molecule has 0 fully saturated rings. The molecule has 0 aliphatic carbocycles. The van der Waals surface area contributed by atoms with Gasteiger partial charge >= 0.3 is 5.97 Å². The number of rotatable bonds is 6. The first-order chi connectivity index (χ1) is 13.7. The standard InChI is InChI=1S/C23H17NO4/c25-20(15-28-21(26)13-12-17-9-6-14-27-17)22-18-10-4-5-11-19(18)24-23(22)16-7-2-1-3-8-16/h1-14,24H,15H2/b13-12+. The van der Waals surface area contributed by atoms with Gasteiger partial charge in [0.25, 0.3) is 0 Å². The van der Waals surface area contributed by atoms with Crippen LogP contribution in [-0.2, 0) is 9.53 Å². The molecule has 5 nitrogen and oxygen atoms in total. The Balaban J connectivity index is 1.57. The zero-order chi connectivity index (χ0) is 19.3. The number of ether oxygens (including phenoxy) is 1. The number of hydrogen-bond donors (Lipinski definition) is 1. The van der Waals surface area contributed by atoms with E-state index in [0.29, 0.717) is 17.0 Å². The average molecular weight is 371 g/mol. The summed E-state index contributed by atoms with van der Waals surface area (Å²) < 4.78 is 10.3. The van der Waals surface area contributed by atoms with E-state index < -0.39 is 5.97 Å². The first-order valence-corrected chi connectivity index (χ1v) is 8.80. The lowest BCUT2D eigenvalue weighted by atomic mass is 10.0. The molecule has 0 atom stereocenters. The third kappa shape index (κ3) is 3.64. The minimum Gasteiger partial charge on any atom is -0.465 e. The van der Waals surface area contributed by atoms with Crippen molar-refractivity contribution < 1.29 is 18.7 Å². The number of para-hydroxylation sites is 1. The molecule has 0 saturated heterocycles. The van der Waals surface area contributed by atoms with E-state index in [-0.39, 0.29) is 12.4 Å². The van der Waals surface area contributed by atoms with E-state index in [1.165, 1.54) is 18.4 Å². The zero-order valence-electron chi connectivity index (χ0n) is 14.9. The molecular weight excluding hydrogens is 354 g/mol. The summed E-state index contributed by atoms with van der Waals surface area (Å²) in [6, 6.07) is 20.6. The summed E-state index contributed by atoms with van der Waals surface area (Å²) in [5, 5.41) is 0.800. The fourth-order valence-corrected chi connectivity index (χ4v) is 3.05. The third-order valence-corrected chi connectivity index (χ3v) is 4.32. The lowest BCUT2D eigenvalue weighted by Crippen LogP contribution is -2.13. The number of H-pyrrole nitrogens is 1. The van der Waals surface area contributed by atoms with Gasteiger partial charge in [-0.15, -0.1) is 0 Å². The summed E-state index contributed by atoms with van der Waals surface area (Å²) in [5.41, 5.74) is 2.98. The van der Waals surface area contributed by atoms with E-state index in [1.54, 1.807) is 12.1 Å². The number of carbonyl (C=O) groups is 2. The number of furan rings is 1. The summed E-state index contributed by atoms with van der Waals surface area (Å²) in [6.45, 7) is -0.344. The van der Waals surface area contributed by atoms with Crippen molar-refractivity contribution in [1.29, 1.82) is 0 Å². The van der Waals surface area contributed by atoms with Crippen LogP contribution in [0.15, 0.2) is 83.5 Å². The summed E-state index contributed by atoms with van der Waals surface area (Å²) in [4.78, 5) is 28.1. The smallest absolute Gasteiger partial charge is 0.331 e. The van der Waals surface area contributed by atoms with Crippen molar-refractivity contribution in [3.63, 3.8) is 0 Å². The Morgan fingerprint density at radius 1 is 0.964 bits per heavy atom. The normalized spacial score (nSPS) is 11.1. The molecule has 2 aromatic heterocycles. The van der Waals surface area contributed by atoms with Crippen molar-refractivity contribution in [2.24, 2.45) is 0 Å². The molecule has 0 unspecified atom stereocenters. The minimum atomic E-state index is -0.606. The van der Waals surface area contributed by atoms with Crippen molar-refractivity contribution in [2.45, 2.75) is 0 Å². The van der Waals surface area contributed by atoms with Crippen LogP contribution in [0.4, 0.5) is 0 Å². The topological polar surface area (TPSA) is 72.3 Å². The van der Waals surface area contributed by atoms with Crippen LogP contribution in [0, 0.1) is 0 Å². The van der Waals surface area contributed by atoms with Crippen molar-refractivity contribution in [3.8, 4) is 11.3 Å². The van der Waals surface area contributed by atoms with E-state index in [0.717, 1.165) is 16.5 Å². The lowest BCUT2D eigenvalue weighted by molar-refractivity contribution is -0.136. The van der Waals surface area contributed by atoms with Gasteiger partial charge in [0.05, 0.1) is 17.5 Å². The Bertz CT molecular complexity index is 1140. The number of benzene rings is 2. The highest BCUT2D eigenvalue weighted by molar-refractivity contribution is 6.14. The Labute approximate surface area is 161 Å². The number of ketones is 1. The number of Topliss-reactive ketones (excluding diaryl/α,β-unsaturated/α-hetero) is 1. The van der Waals surface area contributed by atoms with Gasteiger partial charge < -0.3 is 14.1 Å². The maximum atomic E-state index is 12.9. The van der Waals surface area contributed by atoms with E-state index in [2.05, 4.69) is 4.98 Å². The van der Waals surface area contributed by atoms with Crippen LogP contribution < -0.4 is 0 Å². The summed E-state index contributed by atoms with van der Waals surface area (Å²) in [6.07, 6.45) is 4.24. The number of esters is 1. The predicted molar refractivity (Wildman–Crippen MR) is 107 cm³/mol. The molecule has 1 N–H and O–H groups in total. The first kappa shape index (κ1) is 17.5. The summed E-state index contributed by atoms with van der Waals surface area (Å²) in [5.74, 6) is -0.340. The highest BCUT2D eigenvalue weighted by Gasteiger charge is 2.20. The predicted octanol–water partition coefficient (Wildman–Crippen LogP) is 4.87. The lowest BCUT2D eigenvalue weighted by Gasteiger charge is -2.05. The monoisotopic (exact) mass is 371 g/mol. The van der Waals surface area contributed by atoms with Crippen LogP contribution in [0.1, 0.15) is 16.1 Å². The molecule has 2 aromatic carbocycles. The van der Waals surface area contributed by atoms with Crippen LogP contribution in [0.5, 0.6) is 0 Å². The van der Waals surface area contributed by atoms with Gasteiger partial charge in [-0.2, -0.15) is 0 Å². The van der Waals surface area contributed by atoms with E-state index in [4.69, 9.17) is 9.15 Å². The molecule has 0 spiro atoms. The Hall–Kier alpha value is -3.86. The largest absolute Gasteiger partial charge is 0.465 e. The van der Waals surface area contributed by atoms with Crippen LogP contribution in [0.25, 0.3) is 28.2 Å². The van der Waals surface area contributed by atoms with Crippen molar-refractivity contribution in [3.05, 3.63) is 90.4 Å². The summed E-state index contributed by atoms with van der Waals surface area (Å²) >= 11 is 0. The van der Waals surface area contributed by atoms with Gasteiger partial charge in [0.1, 0.15) is 5.76 Å². The molecule has 28 heavy (non-hydrogen) atoms. The maximum absolute atomic E-state index is 12.9. The zero-order valence-corrected chi connectivity index (χ0v) is 14.9. The molecule has 4 rings (SSSR count).